The van der Waals surface area contributed by atoms with E-state index in [1.54, 1.807) is 6.20 Å². The average molecular weight is 416 g/mol. The van der Waals surface area contributed by atoms with E-state index in [0.29, 0.717) is 27.0 Å². The molecule has 1 amide bonds. The van der Waals surface area contributed by atoms with E-state index in [2.05, 4.69) is 20.5 Å². The normalized spacial score (nSPS) is 18.2. The first-order valence-electron chi connectivity index (χ1n) is 9.10. The number of rotatable bonds is 5. The van der Waals surface area contributed by atoms with Crippen LogP contribution in [0.2, 0.25) is 0 Å². The summed E-state index contributed by atoms with van der Waals surface area (Å²) in [5.41, 5.74) is 1.80. The van der Waals surface area contributed by atoms with Crippen LogP contribution in [0.15, 0.2) is 30.6 Å². The highest BCUT2D eigenvalue weighted by atomic mass is 32.2. The van der Waals surface area contributed by atoms with E-state index in [1.807, 2.05) is 16.9 Å². The van der Waals surface area contributed by atoms with E-state index in [-0.39, 0.29) is 17.7 Å². The number of carbonyl (C=O) groups excluding carboxylic acids is 1. The highest BCUT2D eigenvalue weighted by Gasteiger charge is 2.37. The summed E-state index contributed by atoms with van der Waals surface area (Å²) in [4.78, 5) is 15.8. The van der Waals surface area contributed by atoms with Crippen molar-refractivity contribution in [3.63, 3.8) is 0 Å². The number of pyridine rings is 1. The molecule has 1 aliphatic carbocycles. The second-order valence-corrected chi connectivity index (χ2v) is 8.76. The van der Waals surface area contributed by atoms with Gasteiger partial charge in [-0.15, -0.1) is 0 Å². The molecule has 3 aromatic rings. The Bertz CT molecular complexity index is 1240. The van der Waals surface area contributed by atoms with E-state index in [9.17, 15) is 17.6 Å². The van der Waals surface area contributed by atoms with Crippen molar-refractivity contribution < 1.29 is 17.6 Å². The summed E-state index contributed by atoms with van der Waals surface area (Å²) in [6.45, 7) is -0.207. The third kappa shape index (κ3) is 3.16. The first-order valence-corrected chi connectivity index (χ1v) is 10.5. The molecule has 1 aliphatic heterocycles. The fraction of sp³-hybridized carbons (Fsp3) is 0.278. The van der Waals surface area contributed by atoms with Crippen molar-refractivity contribution in [3.8, 4) is 0 Å². The Morgan fingerprint density at radius 3 is 2.86 bits per heavy atom. The zero-order valence-electron chi connectivity index (χ0n) is 15.1. The Kier molecular flexibility index (Phi) is 3.95. The third-order valence-corrected chi connectivity index (χ3v) is 6.49. The van der Waals surface area contributed by atoms with Crippen LogP contribution < -0.4 is 14.3 Å². The summed E-state index contributed by atoms with van der Waals surface area (Å²) in [6.07, 6.45) is 5.61. The monoisotopic (exact) mass is 416 g/mol. The minimum atomic E-state index is -4.14. The Labute approximate surface area is 165 Å². The van der Waals surface area contributed by atoms with E-state index < -0.39 is 28.5 Å². The maximum absolute atomic E-state index is 14.9. The fourth-order valence-electron chi connectivity index (χ4n) is 3.56. The summed E-state index contributed by atoms with van der Waals surface area (Å²) < 4.78 is 41.8. The average Bonchev–Trinajstić information content (AvgIpc) is 3.35. The molecule has 150 valence electrons. The third-order valence-electron chi connectivity index (χ3n) is 5.11. The van der Waals surface area contributed by atoms with Gasteiger partial charge >= 0.3 is 10.2 Å². The SMILES string of the molecule is O=C1CN(c2c(F)cc(CNc3cc(C4CC4)ccn3)c3cn[nH]c23)S(=O)(=O)N1. The molecule has 0 radical (unpaired) electrons. The summed E-state index contributed by atoms with van der Waals surface area (Å²) in [7, 11) is -4.14. The van der Waals surface area contributed by atoms with Crippen molar-refractivity contribution in [2.24, 2.45) is 0 Å². The van der Waals surface area contributed by atoms with Crippen molar-refractivity contribution in [2.45, 2.75) is 25.3 Å². The van der Waals surface area contributed by atoms with Crippen LogP contribution in [0.25, 0.3) is 10.9 Å². The highest BCUT2D eigenvalue weighted by molar-refractivity contribution is 7.92. The second kappa shape index (κ2) is 6.41. The topological polar surface area (TPSA) is 120 Å². The van der Waals surface area contributed by atoms with Crippen LogP contribution in [0.3, 0.4) is 0 Å². The number of nitrogens with zero attached hydrogens (tertiary/aromatic N) is 3. The molecule has 1 saturated carbocycles. The van der Waals surface area contributed by atoms with Gasteiger partial charge in [0.05, 0.1) is 11.7 Å². The number of anilines is 2. The molecule has 11 heteroatoms. The Hall–Kier alpha value is -3.21. The lowest BCUT2D eigenvalue weighted by atomic mass is 10.1. The van der Waals surface area contributed by atoms with Crippen molar-refractivity contribution in [1.29, 1.82) is 0 Å². The van der Waals surface area contributed by atoms with Gasteiger partial charge < -0.3 is 5.32 Å². The molecule has 3 N–H and O–H groups in total. The van der Waals surface area contributed by atoms with E-state index >= 15 is 0 Å². The quantitative estimate of drug-likeness (QED) is 0.583. The van der Waals surface area contributed by atoms with Gasteiger partial charge in [0.2, 0.25) is 0 Å². The van der Waals surface area contributed by atoms with Gasteiger partial charge in [0, 0.05) is 18.1 Å². The highest BCUT2D eigenvalue weighted by Crippen LogP contribution is 2.40. The lowest BCUT2D eigenvalue weighted by molar-refractivity contribution is -0.117. The number of nitrogens with one attached hydrogen (secondary N) is 3. The van der Waals surface area contributed by atoms with Crippen LogP contribution in [0.5, 0.6) is 0 Å². The second-order valence-electron chi connectivity index (χ2n) is 7.16. The molecule has 5 rings (SSSR count). The molecule has 2 aliphatic rings. The zero-order chi connectivity index (χ0) is 20.2. The first kappa shape index (κ1) is 17.9. The number of hydrogen-bond acceptors (Lipinski definition) is 6. The number of carbonyl (C=O) groups is 1. The van der Waals surface area contributed by atoms with Crippen LogP contribution in [0, 0.1) is 5.82 Å². The van der Waals surface area contributed by atoms with Gasteiger partial charge in [-0.05, 0) is 48.1 Å². The molecule has 0 spiro atoms. The number of aromatic nitrogens is 3. The molecule has 2 fully saturated rings. The lowest BCUT2D eigenvalue weighted by Gasteiger charge is -2.18. The molecule has 0 atom stereocenters. The minimum Gasteiger partial charge on any atom is -0.366 e. The number of H-pyrrole nitrogens is 1. The Morgan fingerprint density at radius 2 is 2.14 bits per heavy atom. The van der Waals surface area contributed by atoms with Gasteiger partial charge in [-0.25, -0.2) is 18.4 Å². The van der Waals surface area contributed by atoms with Crippen molar-refractivity contribution >= 4 is 38.5 Å². The van der Waals surface area contributed by atoms with Crippen LogP contribution >= 0.6 is 0 Å². The Balaban J connectivity index is 1.48. The molecule has 9 nitrogen and oxygen atoms in total. The molecular formula is C18H17FN6O3S. The molecule has 1 saturated heterocycles. The maximum atomic E-state index is 14.9. The predicted octanol–water partition coefficient (Wildman–Crippen LogP) is 1.77. The number of fused-ring (bicyclic) bond motifs is 1. The fourth-order valence-corrected chi connectivity index (χ4v) is 4.73. The summed E-state index contributed by atoms with van der Waals surface area (Å²) >= 11 is 0. The molecule has 3 heterocycles. The van der Waals surface area contributed by atoms with E-state index in [1.165, 1.54) is 30.7 Å². The maximum Gasteiger partial charge on any atom is 0.326 e. The van der Waals surface area contributed by atoms with Gasteiger partial charge in [0.15, 0.2) is 0 Å². The van der Waals surface area contributed by atoms with Gasteiger partial charge in [-0.3, -0.25) is 9.89 Å². The Morgan fingerprint density at radius 1 is 1.31 bits per heavy atom. The summed E-state index contributed by atoms with van der Waals surface area (Å²) in [5.74, 6) is -0.204. The van der Waals surface area contributed by atoms with Crippen molar-refractivity contribution in [3.05, 3.63) is 47.5 Å². The van der Waals surface area contributed by atoms with Gasteiger partial charge in [-0.2, -0.15) is 13.5 Å². The lowest BCUT2D eigenvalue weighted by Crippen LogP contribution is -2.30. The molecule has 2 aromatic heterocycles. The standard InChI is InChI=1S/C18H17FN6O3S/c19-14-5-12(7-21-15-6-11(3-4-20-15)10-1-2-10)13-8-22-23-17(13)18(14)25-9-16(26)24-29(25,27)28/h3-6,8,10H,1-2,7,9H2,(H,20,21)(H,22,23)(H,24,26). The van der Waals surface area contributed by atoms with E-state index in [4.69, 9.17) is 0 Å². The van der Waals surface area contributed by atoms with Crippen LogP contribution in [-0.4, -0.2) is 36.1 Å². The van der Waals surface area contributed by atoms with Crippen molar-refractivity contribution in [2.75, 3.05) is 16.2 Å². The number of hydrogen-bond donors (Lipinski definition) is 3. The number of amides is 1. The van der Waals surface area contributed by atoms with Crippen LogP contribution in [-0.2, 0) is 21.5 Å². The number of aromatic amines is 1. The molecule has 0 bridgehead atoms. The minimum absolute atomic E-state index is 0.210. The summed E-state index contributed by atoms with van der Waals surface area (Å²) in [6, 6.07) is 5.24. The number of benzene rings is 1. The zero-order valence-corrected chi connectivity index (χ0v) is 16.0. The largest absolute Gasteiger partial charge is 0.366 e. The van der Waals surface area contributed by atoms with Crippen LogP contribution in [0.1, 0.15) is 29.9 Å². The molecule has 0 unspecified atom stereocenters. The van der Waals surface area contributed by atoms with Crippen LogP contribution in [0.4, 0.5) is 15.9 Å². The van der Waals surface area contributed by atoms with E-state index in [0.717, 1.165) is 0 Å². The molecule has 1 aromatic carbocycles. The first-order chi connectivity index (χ1) is 13.9. The van der Waals surface area contributed by atoms with Gasteiger partial charge in [0.1, 0.15) is 23.9 Å². The summed E-state index contributed by atoms with van der Waals surface area (Å²) in [5, 5.41) is 10.3. The molecular weight excluding hydrogens is 399 g/mol. The van der Waals surface area contributed by atoms with Gasteiger partial charge in [0.25, 0.3) is 5.91 Å². The van der Waals surface area contributed by atoms with Gasteiger partial charge in [-0.1, -0.05) is 0 Å². The van der Waals surface area contributed by atoms with Crippen molar-refractivity contribution in [1.82, 2.24) is 19.9 Å². The predicted molar refractivity (Wildman–Crippen MR) is 104 cm³/mol. The molecule has 29 heavy (non-hydrogen) atoms. The smallest absolute Gasteiger partial charge is 0.326 e. The number of halogens is 1.